The van der Waals surface area contributed by atoms with E-state index >= 15 is 0 Å². The van der Waals surface area contributed by atoms with Crippen LogP contribution in [0.25, 0.3) is 0 Å². The van der Waals surface area contributed by atoms with Crippen LogP contribution in [0.1, 0.15) is 51.9 Å². The summed E-state index contributed by atoms with van der Waals surface area (Å²) in [6.45, 7) is 2.19. The fourth-order valence-corrected chi connectivity index (χ4v) is 6.44. The summed E-state index contributed by atoms with van der Waals surface area (Å²) in [6, 6.07) is 0. The molecule has 0 aromatic heterocycles. The number of fused-ring (bicyclic) bond motifs is 5. The van der Waals surface area contributed by atoms with Gasteiger partial charge >= 0.3 is 0 Å². The van der Waals surface area contributed by atoms with Gasteiger partial charge in [-0.1, -0.05) is 25.0 Å². The predicted octanol–water partition coefficient (Wildman–Crippen LogP) is 3.66. The molecule has 2 fully saturated rings. The Morgan fingerprint density at radius 3 is 2.91 bits per heavy atom. The van der Waals surface area contributed by atoms with E-state index in [2.05, 4.69) is 25.0 Å². The molecule has 0 spiro atoms. The summed E-state index contributed by atoms with van der Waals surface area (Å²) >= 11 is 0. The third-order valence-corrected chi connectivity index (χ3v) is 7.59. The second-order valence-corrected chi connectivity index (χ2v) is 8.05. The summed E-state index contributed by atoms with van der Waals surface area (Å²) in [6.07, 6.45) is 18.7. The van der Waals surface area contributed by atoms with Crippen LogP contribution in [-0.2, 0) is 4.79 Å². The maximum atomic E-state index is 11.7. The van der Waals surface area contributed by atoms with Crippen LogP contribution < -0.4 is 0 Å². The molecule has 0 unspecified atom stereocenters. The molecule has 2 saturated carbocycles. The van der Waals surface area contributed by atoms with Crippen LogP contribution in [0.4, 0.5) is 0 Å². The van der Waals surface area contributed by atoms with Gasteiger partial charge in [-0.25, -0.2) is 0 Å². The molecule has 0 bridgehead atoms. The molecule has 122 valence electrons. The number of hydrogen-bond donors (Lipinski definition) is 1. The highest BCUT2D eigenvalue weighted by atomic mass is 16.3. The zero-order valence-electron chi connectivity index (χ0n) is 13.9. The quantitative estimate of drug-likeness (QED) is 0.751. The standard InChI is InChI=1S/C21H26O2/c1-3-20-11-9-17-16-8-6-15(22)13-14(16)5-7-18(17)19(20)10-12-21(20,23)4-2/h2,5,7,13,16-19,23H,3,6,8-12H2,1H3/t16-,17+,18+,19-,20-,21-/m0/s1. The SMILES string of the molecule is C#C[C@]1(O)CC[C@H]2[C@@H]3C=CC4=CC(=O)CC[C@@H]4[C@H]3CC[C@@]21CC. The van der Waals surface area contributed by atoms with Gasteiger partial charge in [0.05, 0.1) is 0 Å². The molecule has 0 aromatic rings. The van der Waals surface area contributed by atoms with E-state index in [1.807, 2.05) is 6.08 Å². The summed E-state index contributed by atoms with van der Waals surface area (Å²) in [5.74, 6) is 5.21. The molecule has 4 aliphatic carbocycles. The van der Waals surface area contributed by atoms with E-state index < -0.39 is 5.60 Å². The summed E-state index contributed by atoms with van der Waals surface area (Å²) in [5, 5.41) is 11.1. The Morgan fingerprint density at radius 1 is 1.35 bits per heavy atom. The van der Waals surface area contributed by atoms with Crippen molar-refractivity contribution < 1.29 is 9.90 Å². The lowest BCUT2D eigenvalue weighted by Gasteiger charge is -2.54. The van der Waals surface area contributed by atoms with Gasteiger partial charge in [0.1, 0.15) is 5.60 Å². The van der Waals surface area contributed by atoms with Gasteiger partial charge in [-0.3, -0.25) is 4.79 Å². The Bertz CT molecular complexity index is 637. The molecule has 23 heavy (non-hydrogen) atoms. The minimum absolute atomic E-state index is 0.112. The van der Waals surface area contributed by atoms with E-state index in [1.165, 1.54) is 5.57 Å². The van der Waals surface area contributed by atoms with Gasteiger partial charge in [-0.05, 0) is 73.8 Å². The molecule has 0 radical (unpaired) electrons. The Labute approximate surface area is 139 Å². The Hall–Kier alpha value is -1.33. The number of terminal acetylenes is 1. The molecular weight excluding hydrogens is 284 g/mol. The Morgan fingerprint density at radius 2 is 2.17 bits per heavy atom. The first-order valence-corrected chi connectivity index (χ1v) is 9.17. The highest BCUT2D eigenvalue weighted by Crippen LogP contribution is 2.64. The van der Waals surface area contributed by atoms with Crippen molar-refractivity contribution in [3.63, 3.8) is 0 Å². The average Bonchev–Trinajstić information content (AvgIpc) is 2.88. The molecule has 0 saturated heterocycles. The smallest absolute Gasteiger partial charge is 0.155 e. The summed E-state index contributed by atoms with van der Waals surface area (Å²) in [5.41, 5.74) is 0.208. The van der Waals surface area contributed by atoms with Crippen molar-refractivity contribution in [1.82, 2.24) is 0 Å². The monoisotopic (exact) mass is 310 g/mol. The predicted molar refractivity (Wildman–Crippen MR) is 90.4 cm³/mol. The molecule has 0 heterocycles. The van der Waals surface area contributed by atoms with Crippen LogP contribution in [0.2, 0.25) is 0 Å². The van der Waals surface area contributed by atoms with Crippen LogP contribution in [-0.4, -0.2) is 16.5 Å². The molecule has 4 rings (SSSR count). The first-order chi connectivity index (χ1) is 11.0. The summed E-state index contributed by atoms with van der Waals surface area (Å²) in [7, 11) is 0. The normalized spacial score (nSPS) is 48.0. The van der Waals surface area contributed by atoms with Gasteiger partial charge < -0.3 is 5.11 Å². The van der Waals surface area contributed by atoms with E-state index in [-0.39, 0.29) is 11.2 Å². The summed E-state index contributed by atoms with van der Waals surface area (Å²) < 4.78 is 0. The maximum Gasteiger partial charge on any atom is 0.155 e. The zero-order chi connectivity index (χ0) is 16.2. The van der Waals surface area contributed by atoms with E-state index in [1.54, 1.807) is 0 Å². The average molecular weight is 310 g/mol. The Kier molecular flexibility index (Phi) is 3.36. The second kappa shape index (κ2) is 5.08. The number of rotatable bonds is 1. The van der Waals surface area contributed by atoms with Crippen LogP contribution >= 0.6 is 0 Å². The molecule has 6 atom stereocenters. The molecule has 0 aromatic carbocycles. The molecular formula is C21H26O2. The first-order valence-electron chi connectivity index (χ1n) is 9.17. The minimum Gasteiger partial charge on any atom is -0.377 e. The van der Waals surface area contributed by atoms with Crippen LogP contribution in [0.3, 0.4) is 0 Å². The van der Waals surface area contributed by atoms with E-state index in [0.29, 0.717) is 30.1 Å². The van der Waals surface area contributed by atoms with Crippen molar-refractivity contribution in [2.75, 3.05) is 0 Å². The topological polar surface area (TPSA) is 37.3 Å². The lowest BCUT2D eigenvalue weighted by molar-refractivity contribution is -0.116. The third kappa shape index (κ3) is 1.89. The molecule has 4 aliphatic rings. The molecule has 2 heteroatoms. The zero-order valence-corrected chi connectivity index (χ0v) is 13.9. The number of carbonyl (C=O) groups is 1. The van der Waals surface area contributed by atoms with Gasteiger partial charge in [0.2, 0.25) is 0 Å². The lowest BCUT2D eigenvalue weighted by Crippen LogP contribution is -2.52. The fourth-order valence-electron chi connectivity index (χ4n) is 6.44. The molecule has 0 aliphatic heterocycles. The van der Waals surface area contributed by atoms with Crippen molar-refractivity contribution in [3.05, 3.63) is 23.8 Å². The summed E-state index contributed by atoms with van der Waals surface area (Å²) in [4.78, 5) is 11.7. The number of carbonyl (C=O) groups excluding carboxylic acids is 1. The number of allylic oxidation sites excluding steroid dienone is 4. The van der Waals surface area contributed by atoms with Crippen molar-refractivity contribution in [3.8, 4) is 12.3 Å². The number of hydrogen-bond acceptors (Lipinski definition) is 2. The van der Waals surface area contributed by atoms with Gasteiger partial charge in [0, 0.05) is 11.8 Å². The number of aliphatic hydroxyl groups is 1. The van der Waals surface area contributed by atoms with Gasteiger partial charge in [0.15, 0.2) is 5.78 Å². The Balaban J connectivity index is 1.73. The number of ketones is 1. The van der Waals surface area contributed by atoms with E-state index in [4.69, 9.17) is 6.42 Å². The third-order valence-electron chi connectivity index (χ3n) is 7.59. The molecule has 0 amide bonds. The molecule has 2 nitrogen and oxygen atoms in total. The fraction of sp³-hybridized carbons (Fsp3) is 0.667. The van der Waals surface area contributed by atoms with Crippen LogP contribution in [0.15, 0.2) is 23.8 Å². The van der Waals surface area contributed by atoms with E-state index in [9.17, 15) is 9.90 Å². The van der Waals surface area contributed by atoms with Gasteiger partial charge in [-0.15, -0.1) is 6.42 Å². The lowest BCUT2D eigenvalue weighted by atomic mass is 9.51. The van der Waals surface area contributed by atoms with Crippen molar-refractivity contribution >= 4 is 5.78 Å². The van der Waals surface area contributed by atoms with Crippen molar-refractivity contribution in [2.24, 2.45) is 29.1 Å². The highest BCUT2D eigenvalue weighted by molar-refractivity contribution is 5.91. The first kappa shape index (κ1) is 15.2. The second-order valence-electron chi connectivity index (χ2n) is 8.05. The maximum absolute atomic E-state index is 11.7. The van der Waals surface area contributed by atoms with Crippen LogP contribution in [0, 0.1) is 41.4 Å². The largest absolute Gasteiger partial charge is 0.377 e. The highest BCUT2D eigenvalue weighted by Gasteiger charge is 2.62. The van der Waals surface area contributed by atoms with E-state index in [0.717, 1.165) is 38.5 Å². The van der Waals surface area contributed by atoms with Crippen molar-refractivity contribution in [2.45, 2.75) is 57.5 Å². The van der Waals surface area contributed by atoms with Crippen LogP contribution in [0.5, 0.6) is 0 Å². The van der Waals surface area contributed by atoms with Crippen molar-refractivity contribution in [1.29, 1.82) is 0 Å². The minimum atomic E-state index is -0.927. The van der Waals surface area contributed by atoms with Gasteiger partial charge in [0.25, 0.3) is 0 Å². The van der Waals surface area contributed by atoms with Gasteiger partial charge in [-0.2, -0.15) is 0 Å². The molecule has 1 N–H and O–H groups in total.